The van der Waals surface area contributed by atoms with Crippen LogP contribution in [0.1, 0.15) is 52.5 Å². The fourth-order valence-corrected chi connectivity index (χ4v) is 3.89. The molecule has 9 heteroatoms. The predicted molar refractivity (Wildman–Crippen MR) is 119 cm³/mol. The number of hydrogen-bond acceptors (Lipinski definition) is 6. The number of hydrogen-bond donors (Lipinski definition) is 3. The SMILES string of the molecule is CC1CC(=O)NN=C1c1ccc(NC(=O)CCCN2C(=O)c3ccccc3C2=O)c(N)c1. The molecular formula is C23H23N5O4. The molecule has 4 rings (SSSR count). The Morgan fingerprint density at radius 2 is 1.84 bits per heavy atom. The molecule has 0 aromatic heterocycles. The molecule has 4 N–H and O–H groups in total. The molecule has 0 bridgehead atoms. The van der Waals surface area contributed by atoms with Crippen molar-refractivity contribution in [2.24, 2.45) is 11.0 Å². The number of benzene rings is 2. The summed E-state index contributed by atoms with van der Waals surface area (Å²) in [6.45, 7) is 2.08. The zero-order chi connectivity index (χ0) is 22.8. The van der Waals surface area contributed by atoms with Crippen molar-refractivity contribution in [2.75, 3.05) is 17.6 Å². The minimum atomic E-state index is -0.332. The van der Waals surface area contributed by atoms with E-state index in [9.17, 15) is 19.2 Å². The number of carbonyl (C=O) groups is 4. The van der Waals surface area contributed by atoms with E-state index in [1.807, 2.05) is 6.92 Å². The summed E-state index contributed by atoms with van der Waals surface area (Å²) in [4.78, 5) is 49.7. The monoisotopic (exact) mass is 433 g/mol. The number of carbonyl (C=O) groups excluding carboxylic acids is 4. The number of hydrazone groups is 1. The number of rotatable bonds is 6. The molecule has 9 nitrogen and oxygen atoms in total. The van der Waals surface area contributed by atoms with Crippen molar-refractivity contribution in [3.05, 3.63) is 59.2 Å². The summed E-state index contributed by atoms with van der Waals surface area (Å²) in [7, 11) is 0. The Bertz CT molecular complexity index is 1120. The lowest BCUT2D eigenvalue weighted by atomic mass is 9.93. The summed E-state index contributed by atoms with van der Waals surface area (Å²) in [5, 5.41) is 6.88. The highest BCUT2D eigenvalue weighted by Crippen LogP contribution is 2.25. The molecule has 1 unspecified atom stereocenters. The van der Waals surface area contributed by atoms with Gasteiger partial charge in [0.25, 0.3) is 11.8 Å². The molecular weight excluding hydrogens is 410 g/mol. The molecule has 0 saturated carbocycles. The van der Waals surface area contributed by atoms with Crippen LogP contribution in [-0.2, 0) is 9.59 Å². The van der Waals surface area contributed by atoms with E-state index in [4.69, 9.17) is 5.73 Å². The summed E-state index contributed by atoms with van der Waals surface area (Å²) >= 11 is 0. The minimum absolute atomic E-state index is 0.0364. The quantitative estimate of drug-likeness (QED) is 0.474. The van der Waals surface area contributed by atoms with Crippen molar-refractivity contribution >= 4 is 40.7 Å². The van der Waals surface area contributed by atoms with Gasteiger partial charge in [-0.2, -0.15) is 5.10 Å². The first kappa shape index (κ1) is 21.2. The lowest BCUT2D eigenvalue weighted by molar-refractivity contribution is -0.122. The number of anilines is 2. The van der Waals surface area contributed by atoms with Crippen LogP contribution in [0.3, 0.4) is 0 Å². The normalized spacial score (nSPS) is 17.7. The second-order valence-corrected chi connectivity index (χ2v) is 7.90. The summed E-state index contributed by atoms with van der Waals surface area (Å²) in [6, 6.07) is 11.9. The number of imide groups is 1. The lowest BCUT2D eigenvalue weighted by Gasteiger charge is -2.20. The van der Waals surface area contributed by atoms with Crippen LogP contribution in [0, 0.1) is 5.92 Å². The summed E-state index contributed by atoms with van der Waals surface area (Å²) in [6.07, 6.45) is 0.817. The van der Waals surface area contributed by atoms with Gasteiger partial charge in [0, 0.05) is 30.9 Å². The smallest absolute Gasteiger partial charge is 0.261 e. The van der Waals surface area contributed by atoms with Gasteiger partial charge in [0.05, 0.1) is 28.2 Å². The van der Waals surface area contributed by atoms with E-state index in [1.165, 1.54) is 4.90 Å². The predicted octanol–water partition coefficient (Wildman–Crippen LogP) is 2.14. The maximum absolute atomic E-state index is 12.4. The largest absolute Gasteiger partial charge is 0.397 e. The first-order chi connectivity index (χ1) is 15.3. The molecule has 2 aromatic carbocycles. The molecule has 32 heavy (non-hydrogen) atoms. The second kappa shape index (κ2) is 8.62. The molecule has 2 aliphatic rings. The third kappa shape index (κ3) is 4.09. The first-order valence-electron chi connectivity index (χ1n) is 10.4. The Kier molecular flexibility index (Phi) is 5.72. The van der Waals surface area contributed by atoms with Crippen LogP contribution in [0.15, 0.2) is 47.6 Å². The number of amides is 4. The van der Waals surface area contributed by atoms with Crippen molar-refractivity contribution in [1.29, 1.82) is 0 Å². The maximum atomic E-state index is 12.4. The topological polar surface area (TPSA) is 134 Å². The van der Waals surface area contributed by atoms with Gasteiger partial charge >= 0.3 is 0 Å². The Labute approximate surface area is 184 Å². The van der Waals surface area contributed by atoms with Gasteiger partial charge in [-0.25, -0.2) is 5.43 Å². The Balaban J connectivity index is 1.33. The van der Waals surface area contributed by atoms with Crippen molar-refractivity contribution < 1.29 is 19.2 Å². The number of nitrogens with zero attached hydrogens (tertiary/aromatic N) is 2. The Hall–Kier alpha value is -4.01. The van der Waals surface area contributed by atoms with E-state index >= 15 is 0 Å². The van der Waals surface area contributed by atoms with Gasteiger partial charge in [-0.1, -0.05) is 25.1 Å². The number of nitrogens with two attached hydrogens (primary N) is 1. The van der Waals surface area contributed by atoms with E-state index in [-0.39, 0.29) is 42.5 Å². The third-order valence-corrected chi connectivity index (χ3v) is 5.54. The Morgan fingerprint density at radius 1 is 1.16 bits per heavy atom. The van der Waals surface area contributed by atoms with Gasteiger partial charge in [0.2, 0.25) is 11.8 Å². The Morgan fingerprint density at radius 3 is 2.47 bits per heavy atom. The van der Waals surface area contributed by atoms with Crippen LogP contribution in [0.5, 0.6) is 0 Å². The van der Waals surface area contributed by atoms with Crippen LogP contribution in [-0.4, -0.2) is 40.8 Å². The molecule has 2 heterocycles. The summed E-state index contributed by atoms with van der Waals surface area (Å²) in [5.74, 6) is -1.09. The van der Waals surface area contributed by atoms with E-state index in [2.05, 4.69) is 15.8 Å². The fourth-order valence-electron chi connectivity index (χ4n) is 3.89. The van der Waals surface area contributed by atoms with Gasteiger partial charge in [-0.15, -0.1) is 0 Å². The highest BCUT2D eigenvalue weighted by Gasteiger charge is 2.34. The number of nitrogens with one attached hydrogen (secondary N) is 2. The van der Waals surface area contributed by atoms with Crippen LogP contribution in [0.25, 0.3) is 0 Å². The van der Waals surface area contributed by atoms with Crippen LogP contribution < -0.4 is 16.5 Å². The standard InChI is InChI=1S/C23H23N5O4/c1-13-11-20(30)26-27-21(13)14-8-9-18(17(24)12-14)25-19(29)7-4-10-28-22(31)15-5-2-3-6-16(15)23(28)32/h2-3,5-6,8-9,12-13H,4,7,10-11,24H2,1H3,(H,25,29)(H,26,30). The van der Waals surface area contributed by atoms with Crippen molar-refractivity contribution in [3.8, 4) is 0 Å². The molecule has 0 aliphatic carbocycles. The summed E-state index contributed by atoms with van der Waals surface area (Å²) in [5.41, 5.74) is 11.7. The lowest BCUT2D eigenvalue weighted by Crippen LogP contribution is -2.32. The molecule has 0 radical (unpaired) electrons. The zero-order valence-corrected chi connectivity index (χ0v) is 17.6. The molecule has 1 atom stereocenters. The molecule has 0 saturated heterocycles. The first-order valence-corrected chi connectivity index (χ1v) is 10.4. The maximum Gasteiger partial charge on any atom is 0.261 e. The zero-order valence-electron chi connectivity index (χ0n) is 17.6. The van der Waals surface area contributed by atoms with E-state index in [0.29, 0.717) is 35.3 Å². The number of fused-ring (bicyclic) bond motifs is 1. The molecule has 0 spiro atoms. The average molecular weight is 433 g/mol. The summed E-state index contributed by atoms with van der Waals surface area (Å²) < 4.78 is 0. The van der Waals surface area contributed by atoms with Gasteiger partial charge in [0.15, 0.2) is 0 Å². The minimum Gasteiger partial charge on any atom is -0.397 e. The highest BCUT2D eigenvalue weighted by molar-refractivity contribution is 6.21. The molecule has 2 aromatic rings. The average Bonchev–Trinajstić information content (AvgIpc) is 3.00. The molecule has 0 fully saturated rings. The van der Waals surface area contributed by atoms with Gasteiger partial charge < -0.3 is 11.1 Å². The van der Waals surface area contributed by atoms with Crippen molar-refractivity contribution in [2.45, 2.75) is 26.2 Å². The second-order valence-electron chi connectivity index (χ2n) is 7.90. The van der Waals surface area contributed by atoms with Gasteiger partial charge in [0.1, 0.15) is 0 Å². The molecule has 2 aliphatic heterocycles. The number of nitrogen functional groups attached to an aromatic ring is 1. The van der Waals surface area contributed by atoms with Crippen molar-refractivity contribution in [3.63, 3.8) is 0 Å². The molecule has 164 valence electrons. The van der Waals surface area contributed by atoms with E-state index in [1.54, 1.807) is 42.5 Å². The molecule has 4 amide bonds. The fraction of sp³-hybridized carbons (Fsp3) is 0.261. The van der Waals surface area contributed by atoms with Crippen LogP contribution in [0.4, 0.5) is 11.4 Å². The van der Waals surface area contributed by atoms with Crippen LogP contribution >= 0.6 is 0 Å². The van der Waals surface area contributed by atoms with E-state index < -0.39 is 0 Å². The van der Waals surface area contributed by atoms with Gasteiger partial charge in [-0.05, 0) is 30.7 Å². The van der Waals surface area contributed by atoms with Gasteiger partial charge in [-0.3, -0.25) is 24.1 Å². The third-order valence-electron chi connectivity index (χ3n) is 5.54. The van der Waals surface area contributed by atoms with E-state index in [0.717, 1.165) is 11.3 Å². The van der Waals surface area contributed by atoms with Crippen molar-refractivity contribution in [1.82, 2.24) is 10.3 Å². The highest BCUT2D eigenvalue weighted by atomic mass is 16.2. The van der Waals surface area contributed by atoms with Crippen LogP contribution in [0.2, 0.25) is 0 Å².